The van der Waals surface area contributed by atoms with Crippen molar-refractivity contribution in [3.05, 3.63) is 81.3 Å². The quantitative estimate of drug-likeness (QED) is 0.402. The van der Waals surface area contributed by atoms with Gasteiger partial charge in [-0.1, -0.05) is 12.1 Å². The molecule has 252 valence electrons. The number of fused-ring (bicyclic) bond motifs is 2. The molecule has 0 aliphatic carbocycles. The van der Waals surface area contributed by atoms with Crippen LogP contribution in [0.3, 0.4) is 0 Å². The number of dihydropyridines is 1. The van der Waals surface area contributed by atoms with Crippen molar-refractivity contribution in [2.24, 2.45) is 0 Å². The van der Waals surface area contributed by atoms with Crippen LogP contribution in [0.15, 0.2) is 64.6 Å². The third-order valence-electron chi connectivity index (χ3n) is 10.9. The van der Waals surface area contributed by atoms with Crippen molar-refractivity contribution >= 4 is 29.2 Å². The van der Waals surface area contributed by atoms with Gasteiger partial charge in [-0.2, -0.15) is 0 Å². The maximum absolute atomic E-state index is 14.1. The molecule has 2 fully saturated rings. The molecule has 0 aromatic heterocycles. The zero-order valence-corrected chi connectivity index (χ0v) is 29.1. The Balaban J connectivity index is 1.42. The van der Waals surface area contributed by atoms with Crippen molar-refractivity contribution in [3.8, 4) is 11.1 Å². The Labute approximate surface area is 284 Å². The van der Waals surface area contributed by atoms with Crippen LogP contribution in [-0.4, -0.2) is 82.2 Å². The SMILES string of the molecule is CCN(c1cc(-c2ccc3c(c2)N(C)C(=C=O)C32CCN(C)CC2)cc(C(=O)NCC2=C(C)C=C(C)NC2=C=O)c1C)C1CCOCC1. The van der Waals surface area contributed by atoms with Crippen LogP contribution in [0.2, 0.25) is 0 Å². The summed E-state index contributed by atoms with van der Waals surface area (Å²) in [7, 11) is 4.09. The van der Waals surface area contributed by atoms with E-state index in [0.717, 1.165) is 103 Å². The summed E-state index contributed by atoms with van der Waals surface area (Å²) in [5.41, 5.74) is 9.87. The van der Waals surface area contributed by atoms with Gasteiger partial charge in [0.25, 0.3) is 5.91 Å². The Bertz CT molecular complexity index is 1780. The first-order valence-corrected chi connectivity index (χ1v) is 17.1. The highest BCUT2D eigenvalue weighted by Gasteiger charge is 2.48. The van der Waals surface area contributed by atoms with Gasteiger partial charge in [0.05, 0.1) is 5.41 Å². The highest BCUT2D eigenvalue weighted by atomic mass is 16.5. The highest BCUT2D eigenvalue weighted by molar-refractivity contribution is 5.99. The first kappa shape index (κ1) is 33.5. The maximum atomic E-state index is 14.1. The average Bonchev–Trinajstić information content (AvgIpc) is 3.32. The van der Waals surface area contributed by atoms with Crippen LogP contribution in [-0.2, 0) is 19.7 Å². The van der Waals surface area contributed by atoms with Crippen LogP contribution in [0.25, 0.3) is 11.1 Å². The van der Waals surface area contributed by atoms with Crippen LogP contribution in [0.5, 0.6) is 0 Å². The van der Waals surface area contributed by atoms with Gasteiger partial charge < -0.3 is 30.1 Å². The predicted octanol–water partition coefficient (Wildman–Crippen LogP) is 5.06. The number of likely N-dealkylation sites (tertiary alicyclic amines) is 1. The third-order valence-corrected chi connectivity index (χ3v) is 10.9. The standard InChI is InChI=1S/C39H47N5O4/c1-7-44(30-10-16-48-17-11-30)35-21-29(19-31(27(35)4)38(47)40-22-32-25(2)18-26(3)41-34(32)23-45)28-8-9-33-36(20-28)43(6)37(24-46)39(33)12-14-42(5)15-13-39/h8-9,18-21,30,41H,7,10-17,22H2,1-6H3,(H,40,47). The number of nitrogens with one attached hydrogen (secondary N) is 2. The van der Waals surface area contributed by atoms with E-state index in [-0.39, 0.29) is 17.9 Å². The summed E-state index contributed by atoms with van der Waals surface area (Å²) in [6, 6.07) is 11.0. The number of hydrogen-bond acceptors (Lipinski definition) is 8. The number of nitrogens with zero attached hydrogens (tertiary/aromatic N) is 3. The summed E-state index contributed by atoms with van der Waals surface area (Å²) < 4.78 is 5.69. The number of amides is 1. The lowest BCUT2D eigenvalue weighted by atomic mass is 9.72. The molecule has 0 radical (unpaired) electrons. The topological polar surface area (TPSA) is 94.2 Å². The summed E-state index contributed by atoms with van der Waals surface area (Å²) in [5.74, 6) is 4.11. The Morgan fingerprint density at radius 1 is 1.04 bits per heavy atom. The predicted molar refractivity (Wildman–Crippen MR) is 191 cm³/mol. The van der Waals surface area contributed by atoms with E-state index in [1.54, 1.807) is 0 Å². The molecule has 4 heterocycles. The van der Waals surface area contributed by atoms with Crippen molar-refractivity contribution in [2.75, 3.05) is 63.3 Å². The second-order valence-corrected chi connectivity index (χ2v) is 13.7. The van der Waals surface area contributed by atoms with Crippen molar-refractivity contribution < 1.29 is 19.1 Å². The summed E-state index contributed by atoms with van der Waals surface area (Å²) in [5, 5.41) is 6.17. The third kappa shape index (κ3) is 5.93. The molecule has 9 nitrogen and oxygen atoms in total. The van der Waals surface area contributed by atoms with E-state index in [0.29, 0.717) is 23.0 Å². The Morgan fingerprint density at radius 2 is 1.77 bits per heavy atom. The van der Waals surface area contributed by atoms with Gasteiger partial charge in [-0.3, -0.25) is 4.79 Å². The number of rotatable bonds is 7. The van der Waals surface area contributed by atoms with Crippen LogP contribution in [0, 0.1) is 6.92 Å². The molecule has 1 spiro atoms. The lowest BCUT2D eigenvalue weighted by Crippen LogP contribution is -2.42. The fraction of sp³-hybridized carbons (Fsp3) is 0.462. The van der Waals surface area contributed by atoms with Crippen LogP contribution >= 0.6 is 0 Å². The second kappa shape index (κ2) is 13.6. The molecular weight excluding hydrogens is 602 g/mol. The van der Waals surface area contributed by atoms with E-state index in [1.165, 1.54) is 5.56 Å². The zero-order valence-electron chi connectivity index (χ0n) is 29.1. The molecule has 6 rings (SSSR count). The molecule has 1 amide bonds. The smallest absolute Gasteiger partial charge is 0.251 e. The monoisotopic (exact) mass is 649 g/mol. The molecule has 2 saturated heterocycles. The Morgan fingerprint density at radius 3 is 2.44 bits per heavy atom. The van der Waals surface area contributed by atoms with Gasteiger partial charge in [0.2, 0.25) is 0 Å². The molecule has 9 heteroatoms. The van der Waals surface area contributed by atoms with Crippen molar-refractivity contribution in [3.63, 3.8) is 0 Å². The Kier molecular flexibility index (Phi) is 9.50. The first-order chi connectivity index (χ1) is 23.1. The van der Waals surface area contributed by atoms with Gasteiger partial charge in [0.15, 0.2) is 5.94 Å². The van der Waals surface area contributed by atoms with E-state index in [2.05, 4.69) is 64.6 Å². The zero-order chi connectivity index (χ0) is 34.2. The number of benzene rings is 2. The van der Waals surface area contributed by atoms with Crippen LogP contribution in [0.4, 0.5) is 11.4 Å². The number of likely N-dealkylation sites (N-methyl/N-ethyl adjacent to an activating group) is 1. The molecule has 0 bridgehead atoms. The molecule has 48 heavy (non-hydrogen) atoms. The van der Waals surface area contributed by atoms with Crippen LogP contribution < -0.4 is 20.4 Å². The van der Waals surface area contributed by atoms with Gasteiger partial charge in [-0.15, -0.1) is 0 Å². The molecule has 0 saturated carbocycles. The number of hydrogen-bond donors (Lipinski definition) is 2. The summed E-state index contributed by atoms with van der Waals surface area (Å²) >= 11 is 0. The minimum Gasteiger partial charge on any atom is -0.381 e. The maximum Gasteiger partial charge on any atom is 0.251 e. The molecular formula is C39H47N5O4. The molecule has 4 aliphatic heterocycles. The molecule has 2 aromatic carbocycles. The molecule has 0 unspecified atom stereocenters. The number of carbonyl (C=O) groups excluding carboxylic acids is 3. The second-order valence-electron chi connectivity index (χ2n) is 13.7. The molecule has 2 N–H and O–H groups in total. The van der Waals surface area contributed by atoms with Crippen molar-refractivity contribution in [1.82, 2.24) is 15.5 Å². The van der Waals surface area contributed by atoms with E-state index in [9.17, 15) is 14.4 Å². The molecule has 0 atom stereocenters. The number of allylic oxidation sites excluding steroid dienone is 4. The lowest BCUT2D eigenvalue weighted by Gasteiger charge is -2.38. The van der Waals surface area contributed by atoms with E-state index < -0.39 is 0 Å². The molecule has 4 aliphatic rings. The number of anilines is 2. The van der Waals surface area contributed by atoms with Crippen molar-refractivity contribution in [1.29, 1.82) is 0 Å². The highest BCUT2D eigenvalue weighted by Crippen LogP contribution is 2.53. The number of piperidine rings is 1. The summed E-state index contributed by atoms with van der Waals surface area (Å²) in [6.45, 7) is 12.3. The average molecular weight is 650 g/mol. The minimum absolute atomic E-state index is 0.199. The normalized spacial score (nSPS) is 19.5. The van der Waals surface area contributed by atoms with E-state index >= 15 is 0 Å². The molecule has 2 aromatic rings. The summed E-state index contributed by atoms with van der Waals surface area (Å²) in [6.07, 6.45) is 5.57. The summed E-state index contributed by atoms with van der Waals surface area (Å²) in [4.78, 5) is 45.0. The van der Waals surface area contributed by atoms with Gasteiger partial charge in [-0.25, -0.2) is 9.59 Å². The van der Waals surface area contributed by atoms with Gasteiger partial charge >= 0.3 is 0 Å². The fourth-order valence-corrected chi connectivity index (χ4v) is 8.15. The van der Waals surface area contributed by atoms with E-state index in [1.807, 2.05) is 50.8 Å². The number of carbonyl (C=O) groups is 1. The van der Waals surface area contributed by atoms with Crippen molar-refractivity contribution in [2.45, 2.75) is 64.8 Å². The van der Waals surface area contributed by atoms with Gasteiger partial charge in [0, 0.05) is 67.6 Å². The fourth-order valence-electron chi connectivity index (χ4n) is 8.15. The van der Waals surface area contributed by atoms with E-state index in [4.69, 9.17) is 4.74 Å². The van der Waals surface area contributed by atoms with Gasteiger partial charge in [-0.05, 0) is 126 Å². The largest absolute Gasteiger partial charge is 0.381 e. The number of ether oxygens (including phenoxy) is 1. The Hall–Kier alpha value is -4.39. The first-order valence-electron chi connectivity index (χ1n) is 17.1. The van der Waals surface area contributed by atoms with Gasteiger partial charge in [0.1, 0.15) is 17.3 Å². The van der Waals surface area contributed by atoms with Crippen LogP contribution in [0.1, 0.15) is 67.9 Å². The lowest BCUT2D eigenvalue weighted by molar-refractivity contribution is 0.0846. The minimum atomic E-state index is -0.328.